The highest BCUT2D eigenvalue weighted by molar-refractivity contribution is 5.72. The lowest BCUT2D eigenvalue weighted by atomic mass is 10.1. The van der Waals surface area contributed by atoms with Crippen molar-refractivity contribution in [1.82, 2.24) is 0 Å². The van der Waals surface area contributed by atoms with Crippen LogP contribution in [0.25, 0.3) is 24.3 Å². The standard InChI is InChI=1S/C46H64N4/c1-7-49(8-2)45-27-21-41(22-28-45)19-25-43-31-35-47(37-39(43)5)33-17-15-13-11-12-14-16-18-34-48-36-32-44(40(6)38-48)26-20-42-23-29-46(30-24-42)50(9-3)10-4/h19-32,35-38H,7-18,33-34H2,1-6H3/q+2. The Bertz CT molecular complexity index is 1490. The number of hydrogen-bond donors (Lipinski definition) is 0. The summed E-state index contributed by atoms with van der Waals surface area (Å²) in [6, 6.07) is 22.3. The van der Waals surface area contributed by atoms with E-state index in [-0.39, 0.29) is 0 Å². The Kier molecular flexibility index (Phi) is 16.3. The van der Waals surface area contributed by atoms with Gasteiger partial charge in [0.25, 0.3) is 0 Å². The maximum Gasteiger partial charge on any atom is 0.172 e. The maximum absolute atomic E-state index is 2.38. The molecule has 0 amide bonds. The van der Waals surface area contributed by atoms with Crippen LogP contribution in [-0.4, -0.2) is 26.2 Å². The minimum atomic E-state index is 1.04. The smallest absolute Gasteiger partial charge is 0.172 e. The zero-order valence-electron chi connectivity index (χ0n) is 32.1. The summed E-state index contributed by atoms with van der Waals surface area (Å²) in [6.45, 7) is 19.6. The molecule has 2 aromatic heterocycles. The number of aromatic nitrogens is 2. The van der Waals surface area contributed by atoms with E-state index in [0.29, 0.717) is 0 Å². The largest absolute Gasteiger partial charge is 0.372 e. The average molecular weight is 673 g/mol. The minimum absolute atomic E-state index is 1.04. The van der Waals surface area contributed by atoms with E-state index in [2.05, 4.69) is 170 Å². The molecule has 0 saturated carbocycles. The lowest BCUT2D eigenvalue weighted by molar-refractivity contribution is -0.697. The molecule has 0 saturated heterocycles. The molecule has 0 N–H and O–H groups in total. The summed E-state index contributed by atoms with van der Waals surface area (Å²) in [5.41, 5.74) is 10.3. The third kappa shape index (κ3) is 12.3. The monoisotopic (exact) mass is 673 g/mol. The fourth-order valence-electron chi connectivity index (χ4n) is 6.79. The van der Waals surface area contributed by atoms with Crippen LogP contribution in [0.1, 0.15) is 112 Å². The molecule has 0 aliphatic heterocycles. The number of nitrogens with zero attached hydrogens (tertiary/aromatic N) is 4. The second-order valence-electron chi connectivity index (χ2n) is 13.7. The van der Waals surface area contributed by atoms with Crippen molar-refractivity contribution in [2.24, 2.45) is 0 Å². The second kappa shape index (κ2) is 21.1. The molecule has 0 radical (unpaired) electrons. The molecular weight excluding hydrogens is 609 g/mol. The molecule has 0 aliphatic rings. The molecule has 0 unspecified atom stereocenters. The highest BCUT2D eigenvalue weighted by Gasteiger charge is 2.07. The van der Waals surface area contributed by atoms with Gasteiger partial charge < -0.3 is 9.80 Å². The van der Waals surface area contributed by atoms with Crippen LogP contribution in [0.3, 0.4) is 0 Å². The van der Waals surface area contributed by atoms with Gasteiger partial charge in [0.05, 0.1) is 0 Å². The molecule has 2 aromatic carbocycles. The van der Waals surface area contributed by atoms with Crippen molar-refractivity contribution in [3.8, 4) is 0 Å². The Morgan fingerprint density at radius 1 is 0.440 bits per heavy atom. The molecule has 4 nitrogen and oxygen atoms in total. The number of pyridine rings is 2. The third-order valence-electron chi connectivity index (χ3n) is 10.1. The Hall–Kier alpha value is -4.18. The Morgan fingerprint density at radius 2 is 0.780 bits per heavy atom. The summed E-state index contributed by atoms with van der Waals surface area (Å²) in [7, 11) is 0. The zero-order chi connectivity index (χ0) is 35.6. The van der Waals surface area contributed by atoms with Gasteiger partial charge in [0.15, 0.2) is 24.8 Å². The minimum Gasteiger partial charge on any atom is -0.372 e. The first-order chi connectivity index (χ1) is 24.4. The van der Waals surface area contributed by atoms with Gasteiger partial charge in [-0.05, 0) is 101 Å². The van der Waals surface area contributed by atoms with Gasteiger partial charge in [-0.1, -0.05) is 74.3 Å². The molecule has 0 fully saturated rings. The van der Waals surface area contributed by atoms with E-state index in [0.717, 1.165) is 39.3 Å². The van der Waals surface area contributed by atoms with Gasteiger partial charge in [-0.3, -0.25) is 0 Å². The van der Waals surface area contributed by atoms with Gasteiger partial charge >= 0.3 is 0 Å². The molecule has 0 aliphatic carbocycles. The fourth-order valence-corrected chi connectivity index (χ4v) is 6.79. The molecule has 4 rings (SSSR count). The molecule has 0 atom stereocenters. The Labute approximate surface area is 304 Å². The second-order valence-corrected chi connectivity index (χ2v) is 13.7. The first-order valence-electron chi connectivity index (χ1n) is 19.5. The van der Waals surface area contributed by atoms with Crippen LogP contribution in [0, 0.1) is 13.8 Å². The van der Waals surface area contributed by atoms with Crippen LogP contribution in [0.2, 0.25) is 0 Å². The van der Waals surface area contributed by atoms with Gasteiger partial charge in [0.2, 0.25) is 0 Å². The summed E-state index contributed by atoms with van der Waals surface area (Å²) in [6.07, 6.45) is 28.6. The van der Waals surface area contributed by atoms with Crippen LogP contribution in [0.5, 0.6) is 0 Å². The highest BCUT2D eigenvalue weighted by atomic mass is 15.1. The molecule has 4 heteroatoms. The van der Waals surface area contributed by atoms with Gasteiger partial charge in [0.1, 0.15) is 13.1 Å². The molecule has 50 heavy (non-hydrogen) atoms. The summed E-state index contributed by atoms with van der Waals surface area (Å²) in [4.78, 5) is 4.76. The topological polar surface area (TPSA) is 14.2 Å². The number of rotatable bonds is 21. The van der Waals surface area contributed by atoms with Crippen molar-refractivity contribution < 1.29 is 9.13 Å². The van der Waals surface area contributed by atoms with E-state index < -0.39 is 0 Å². The zero-order valence-corrected chi connectivity index (χ0v) is 32.1. The number of aryl methyl sites for hydroxylation is 4. The molecule has 266 valence electrons. The van der Waals surface area contributed by atoms with Crippen LogP contribution in [0.15, 0.2) is 85.5 Å². The first kappa shape index (κ1) is 38.6. The van der Waals surface area contributed by atoms with Gasteiger partial charge in [-0.15, -0.1) is 0 Å². The van der Waals surface area contributed by atoms with Gasteiger partial charge in [0, 0.05) is 73.7 Å². The number of anilines is 2. The van der Waals surface area contributed by atoms with Crippen molar-refractivity contribution in [2.75, 3.05) is 36.0 Å². The fraction of sp³-hybridized carbons (Fsp3) is 0.435. The lowest BCUT2D eigenvalue weighted by Crippen LogP contribution is -2.33. The molecule has 0 spiro atoms. The van der Waals surface area contributed by atoms with Crippen LogP contribution >= 0.6 is 0 Å². The summed E-state index contributed by atoms with van der Waals surface area (Å²) in [5.74, 6) is 0. The Balaban J connectivity index is 1.07. The van der Waals surface area contributed by atoms with Gasteiger partial charge in [-0.2, -0.15) is 0 Å². The highest BCUT2D eigenvalue weighted by Crippen LogP contribution is 2.19. The number of benzene rings is 2. The third-order valence-corrected chi connectivity index (χ3v) is 10.1. The van der Waals surface area contributed by atoms with Crippen molar-refractivity contribution in [3.63, 3.8) is 0 Å². The molecule has 2 heterocycles. The van der Waals surface area contributed by atoms with E-state index in [4.69, 9.17) is 0 Å². The van der Waals surface area contributed by atoms with Crippen molar-refractivity contribution in [1.29, 1.82) is 0 Å². The Morgan fingerprint density at radius 3 is 1.10 bits per heavy atom. The van der Waals surface area contributed by atoms with E-state index in [1.165, 1.54) is 96.1 Å². The van der Waals surface area contributed by atoms with Crippen LogP contribution in [-0.2, 0) is 13.1 Å². The summed E-state index contributed by atoms with van der Waals surface area (Å²) in [5, 5.41) is 0. The number of unbranched alkanes of at least 4 members (excludes halogenated alkanes) is 7. The number of hydrogen-bond acceptors (Lipinski definition) is 2. The summed E-state index contributed by atoms with van der Waals surface area (Å²) >= 11 is 0. The molecule has 4 aromatic rings. The van der Waals surface area contributed by atoms with Crippen molar-refractivity contribution in [3.05, 3.63) is 119 Å². The van der Waals surface area contributed by atoms with Crippen molar-refractivity contribution >= 4 is 35.7 Å². The quantitative estimate of drug-likeness (QED) is 0.0646. The predicted molar refractivity (Wildman–Crippen MR) is 218 cm³/mol. The first-order valence-corrected chi connectivity index (χ1v) is 19.5. The molecular formula is C46H64N4+2. The lowest BCUT2D eigenvalue weighted by Gasteiger charge is -2.20. The maximum atomic E-state index is 2.38. The van der Waals surface area contributed by atoms with E-state index in [1.807, 2.05) is 0 Å². The van der Waals surface area contributed by atoms with Crippen LogP contribution in [0.4, 0.5) is 11.4 Å². The van der Waals surface area contributed by atoms with E-state index in [1.54, 1.807) is 0 Å². The van der Waals surface area contributed by atoms with E-state index in [9.17, 15) is 0 Å². The molecule has 0 bridgehead atoms. The van der Waals surface area contributed by atoms with Crippen molar-refractivity contribution in [2.45, 2.75) is 106 Å². The average Bonchev–Trinajstić information content (AvgIpc) is 3.13. The van der Waals surface area contributed by atoms with Crippen LogP contribution < -0.4 is 18.9 Å². The predicted octanol–water partition coefficient (Wildman–Crippen LogP) is 10.7. The summed E-state index contributed by atoms with van der Waals surface area (Å²) < 4.78 is 4.72. The normalized spacial score (nSPS) is 11.6. The van der Waals surface area contributed by atoms with Gasteiger partial charge in [-0.25, -0.2) is 9.13 Å². The van der Waals surface area contributed by atoms with E-state index >= 15 is 0 Å². The SMILES string of the molecule is CCN(CC)c1ccc(C=Cc2cc[n+](CCCCCCCCCC[n+]3ccc(C=Cc4ccc(N(CC)CC)cc4)c(C)c3)cc2C)cc1.